The van der Waals surface area contributed by atoms with E-state index in [-0.39, 0.29) is 0 Å². The molecule has 2 aromatic carbocycles. The predicted molar refractivity (Wildman–Crippen MR) is 82.8 cm³/mol. The summed E-state index contributed by atoms with van der Waals surface area (Å²) in [5.41, 5.74) is 1.92. The summed E-state index contributed by atoms with van der Waals surface area (Å²) in [4.78, 5) is 11.9. The number of carbonyl (C=O) groups excluding carboxylic acids is 1. The molecular weight excluding hydrogens is 295 g/mol. The molecule has 0 aliphatic heterocycles. The van der Waals surface area contributed by atoms with Gasteiger partial charge in [0, 0.05) is 10.0 Å². The molecule has 0 heterocycles. The Kier molecular flexibility index (Phi) is 4.83. The van der Waals surface area contributed by atoms with Crippen LogP contribution < -0.4 is 0 Å². The number of halogens is 2. The summed E-state index contributed by atoms with van der Waals surface area (Å²) in [5.74, 6) is -0.415. The van der Waals surface area contributed by atoms with Gasteiger partial charge in [0.2, 0.25) is 0 Å². The SMILES string of the molecule is COC(=O)C(=Cc1ccc(Cl)cc1Cl)c1ccccc1. The molecule has 4 heteroatoms. The van der Waals surface area contributed by atoms with Gasteiger partial charge in [0.1, 0.15) is 0 Å². The highest BCUT2D eigenvalue weighted by Gasteiger charge is 2.13. The van der Waals surface area contributed by atoms with Crippen LogP contribution in [0, 0.1) is 0 Å². The lowest BCUT2D eigenvalue weighted by Gasteiger charge is -2.07. The van der Waals surface area contributed by atoms with Gasteiger partial charge in [0.15, 0.2) is 0 Å². The number of carbonyl (C=O) groups is 1. The smallest absolute Gasteiger partial charge is 0.338 e. The highest BCUT2D eigenvalue weighted by molar-refractivity contribution is 6.36. The van der Waals surface area contributed by atoms with Crippen molar-refractivity contribution in [2.45, 2.75) is 0 Å². The van der Waals surface area contributed by atoms with Crippen molar-refractivity contribution >= 4 is 40.8 Å². The molecule has 0 aromatic heterocycles. The minimum atomic E-state index is -0.415. The Morgan fingerprint density at radius 1 is 1.10 bits per heavy atom. The quantitative estimate of drug-likeness (QED) is 0.466. The molecular formula is C16H12Cl2O2. The average molecular weight is 307 g/mol. The van der Waals surface area contributed by atoms with E-state index in [1.165, 1.54) is 7.11 Å². The monoisotopic (exact) mass is 306 g/mol. The molecule has 102 valence electrons. The van der Waals surface area contributed by atoms with E-state index in [0.717, 1.165) is 5.56 Å². The zero-order valence-electron chi connectivity index (χ0n) is 10.8. The lowest BCUT2D eigenvalue weighted by Crippen LogP contribution is -2.03. The fraction of sp³-hybridized carbons (Fsp3) is 0.0625. The summed E-state index contributed by atoms with van der Waals surface area (Å²) in [6.45, 7) is 0. The predicted octanol–water partition coefficient (Wildman–Crippen LogP) is 4.71. The first-order chi connectivity index (χ1) is 9.61. The molecule has 0 atom stereocenters. The summed E-state index contributed by atoms with van der Waals surface area (Å²) >= 11 is 12.0. The van der Waals surface area contributed by atoms with E-state index in [1.807, 2.05) is 30.3 Å². The van der Waals surface area contributed by atoms with E-state index in [0.29, 0.717) is 21.2 Å². The zero-order chi connectivity index (χ0) is 14.5. The van der Waals surface area contributed by atoms with E-state index < -0.39 is 5.97 Å². The molecule has 0 fully saturated rings. The van der Waals surface area contributed by atoms with E-state index in [9.17, 15) is 4.79 Å². The third kappa shape index (κ3) is 3.41. The van der Waals surface area contributed by atoms with Crippen LogP contribution in [0.25, 0.3) is 11.6 Å². The van der Waals surface area contributed by atoms with Gasteiger partial charge in [0.05, 0.1) is 12.7 Å². The first-order valence-corrected chi connectivity index (χ1v) is 6.68. The molecule has 2 nitrogen and oxygen atoms in total. The molecule has 0 radical (unpaired) electrons. The van der Waals surface area contributed by atoms with E-state index in [2.05, 4.69) is 0 Å². The Labute approximate surface area is 127 Å². The van der Waals surface area contributed by atoms with Crippen molar-refractivity contribution in [3.63, 3.8) is 0 Å². The number of esters is 1. The molecule has 0 saturated heterocycles. The molecule has 2 rings (SSSR count). The van der Waals surface area contributed by atoms with Crippen molar-refractivity contribution in [2.75, 3.05) is 7.11 Å². The number of benzene rings is 2. The van der Waals surface area contributed by atoms with Gasteiger partial charge in [0.25, 0.3) is 0 Å². The molecule has 0 saturated carbocycles. The maximum atomic E-state index is 11.9. The Hall–Kier alpha value is -1.77. The molecule has 2 aromatic rings. The van der Waals surface area contributed by atoms with Gasteiger partial charge < -0.3 is 4.74 Å². The van der Waals surface area contributed by atoms with Crippen molar-refractivity contribution < 1.29 is 9.53 Å². The van der Waals surface area contributed by atoms with Crippen LogP contribution in [0.15, 0.2) is 48.5 Å². The van der Waals surface area contributed by atoms with Gasteiger partial charge in [-0.2, -0.15) is 0 Å². The second-order valence-electron chi connectivity index (χ2n) is 4.08. The second kappa shape index (κ2) is 6.60. The van der Waals surface area contributed by atoms with E-state index in [4.69, 9.17) is 27.9 Å². The molecule has 20 heavy (non-hydrogen) atoms. The number of rotatable bonds is 3. The normalized spacial score (nSPS) is 11.2. The minimum absolute atomic E-state index is 0.415. The largest absolute Gasteiger partial charge is 0.465 e. The van der Waals surface area contributed by atoms with Crippen LogP contribution >= 0.6 is 23.2 Å². The van der Waals surface area contributed by atoms with Crippen molar-refractivity contribution in [3.8, 4) is 0 Å². The number of ether oxygens (including phenoxy) is 1. The second-order valence-corrected chi connectivity index (χ2v) is 4.93. The van der Waals surface area contributed by atoms with Crippen molar-refractivity contribution in [1.29, 1.82) is 0 Å². The van der Waals surface area contributed by atoms with Crippen molar-refractivity contribution in [3.05, 3.63) is 69.7 Å². The molecule has 0 aliphatic carbocycles. The van der Waals surface area contributed by atoms with Crippen LogP contribution in [0.1, 0.15) is 11.1 Å². The minimum Gasteiger partial charge on any atom is -0.465 e. The Bertz CT molecular complexity index is 649. The third-order valence-electron chi connectivity index (χ3n) is 2.75. The van der Waals surface area contributed by atoms with Gasteiger partial charge in [-0.3, -0.25) is 0 Å². The highest BCUT2D eigenvalue weighted by atomic mass is 35.5. The van der Waals surface area contributed by atoms with Gasteiger partial charge in [-0.25, -0.2) is 4.79 Å². The third-order valence-corrected chi connectivity index (χ3v) is 3.31. The van der Waals surface area contributed by atoms with Crippen LogP contribution in [0.5, 0.6) is 0 Å². The van der Waals surface area contributed by atoms with Crippen LogP contribution in [-0.4, -0.2) is 13.1 Å². The maximum Gasteiger partial charge on any atom is 0.338 e. The van der Waals surface area contributed by atoms with E-state index >= 15 is 0 Å². The highest BCUT2D eigenvalue weighted by Crippen LogP contribution is 2.26. The summed E-state index contributed by atoms with van der Waals surface area (Å²) in [7, 11) is 1.35. The van der Waals surface area contributed by atoms with Crippen LogP contribution in [0.4, 0.5) is 0 Å². The van der Waals surface area contributed by atoms with Crippen LogP contribution in [0.3, 0.4) is 0 Å². The summed E-state index contributed by atoms with van der Waals surface area (Å²) in [6.07, 6.45) is 1.69. The van der Waals surface area contributed by atoms with Crippen LogP contribution in [-0.2, 0) is 9.53 Å². The first kappa shape index (κ1) is 14.6. The number of hydrogen-bond donors (Lipinski definition) is 0. The molecule has 0 bridgehead atoms. The summed E-state index contributed by atoms with van der Waals surface area (Å²) in [6, 6.07) is 14.4. The zero-order valence-corrected chi connectivity index (χ0v) is 12.3. The molecule has 0 amide bonds. The topological polar surface area (TPSA) is 26.3 Å². The van der Waals surface area contributed by atoms with Gasteiger partial charge in [-0.1, -0.05) is 59.6 Å². The van der Waals surface area contributed by atoms with Gasteiger partial charge in [-0.05, 0) is 29.3 Å². The molecule has 0 N–H and O–H groups in total. The van der Waals surface area contributed by atoms with E-state index in [1.54, 1.807) is 24.3 Å². The lowest BCUT2D eigenvalue weighted by molar-refractivity contribution is -0.133. The summed E-state index contributed by atoms with van der Waals surface area (Å²) in [5, 5.41) is 1.03. The number of hydrogen-bond acceptors (Lipinski definition) is 2. The Morgan fingerprint density at radius 3 is 2.40 bits per heavy atom. The molecule has 0 aliphatic rings. The Morgan fingerprint density at radius 2 is 1.80 bits per heavy atom. The van der Waals surface area contributed by atoms with Crippen molar-refractivity contribution in [2.24, 2.45) is 0 Å². The fourth-order valence-electron chi connectivity index (χ4n) is 1.76. The first-order valence-electron chi connectivity index (χ1n) is 5.92. The average Bonchev–Trinajstić information content (AvgIpc) is 2.46. The number of methoxy groups -OCH3 is 1. The van der Waals surface area contributed by atoms with Crippen LogP contribution in [0.2, 0.25) is 10.0 Å². The summed E-state index contributed by atoms with van der Waals surface area (Å²) < 4.78 is 4.83. The lowest BCUT2D eigenvalue weighted by atomic mass is 10.0. The Balaban J connectivity index is 2.51. The van der Waals surface area contributed by atoms with Gasteiger partial charge >= 0.3 is 5.97 Å². The molecule has 0 spiro atoms. The fourth-order valence-corrected chi connectivity index (χ4v) is 2.22. The van der Waals surface area contributed by atoms with Crippen molar-refractivity contribution in [1.82, 2.24) is 0 Å². The standard InChI is InChI=1S/C16H12Cl2O2/c1-20-16(19)14(11-5-3-2-4-6-11)9-12-7-8-13(17)10-15(12)18/h2-10H,1H3. The molecule has 0 unspecified atom stereocenters. The maximum absolute atomic E-state index is 11.9. The van der Waals surface area contributed by atoms with Gasteiger partial charge in [-0.15, -0.1) is 0 Å².